The highest BCUT2D eigenvalue weighted by atomic mass is 31.2. The number of hydrogen-bond donors (Lipinski definition) is 0. The van der Waals surface area contributed by atoms with Crippen molar-refractivity contribution in [2.24, 2.45) is 0 Å². The molecule has 1 fully saturated rings. The van der Waals surface area contributed by atoms with E-state index in [0.717, 1.165) is 24.0 Å². The number of carbonyl (C=O) groups excluding carboxylic acids is 2. The minimum Gasteiger partial charge on any atom is -0.452 e. The van der Waals surface area contributed by atoms with Crippen molar-refractivity contribution in [3.05, 3.63) is 144 Å². The van der Waals surface area contributed by atoms with Crippen LogP contribution in [0.2, 0.25) is 0 Å². The zero-order valence-corrected chi connectivity index (χ0v) is 31.6. The predicted molar refractivity (Wildman–Crippen MR) is 201 cm³/mol. The Morgan fingerprint density at radius 1 is 0.611 bits per heavy atom. The van der Waals surface area contributed by atoms with Gasteiger partial charge < -0.3 is 23.7 Å². The van der Waals surface area contributed by atoms with Gasteiger partial charge in [-0.25, -0.2) is 14.2 Å². The van der Waals surface area contributed by atoms with Crippen molar-refractivity contribution in [3.8, 4) is 0 Å². The molecule has 5 atom stereocenters. The minimum absolute atomic E-state index is 0.0142. The van der Waals surface area contributed by atoms with Crippen LogP contribution in [0.4, 0.5) is 0 Å². The van der Waals surface area contributed by atoms with Gasteiger partial charge in [0.05, 0.1) is 44.2 Å². The van der Waals surface area contributed by atoms with Crippen LogP contribution in [0, 0.1) is 0 Å². The summed E-state index contributed by atoms with van der Waals surface area (Å²) in [5, 5.41) is 0. The van der Waals surface area contributed by atoms with Gasteiger partial charge in [0.1, 0.15) is 12.2 Å². The normalized spacial score (nSPS) is 19.9. The summed E-state index contributed by atoms with van der Waals surface area (Å²) >= 11 is 0. The van der Waals surface area contributed by atoms with Crippen molar-refractivity contribution in [2.45, 2.75) is 83.5 Å². The van der Waals surface area contributed by atoms with Gasteiger partial charge in [-0.05, 0) is 48.2 Å². The van der Waals surface area contributed by atoms with Gasteiger partial charge in [-0.15, -0.1) is 0 Å². The SMILES string of the molecule is CCCCOP(=O)(OCCCC)O[C@@H]1O[C@H](COCc2ccccc2)[C@H](OC(=O)c2ccccc2)[C@H](OC(=O)c2ccccc2)[C@H]1OCc1ccccc1. The molecule has 0 aromatic heterocycles. The number of phosphoric acid groups is 1. The highest BCUT2D eigenvalue weighted by Gasteiger charge is 2.54. The van der Waals surface area contributed by atoms with Crippen LogP contribution in [-0.2, 0) is 55.0 Å². The lowest BCUT2D eigenvalue weighted by Crippen LogP contribution is -2.62. The average Bonchev–Trinajstić information content (AvgIpc) is 3.20. The van der Waals surface area contributed by atoms with Crippen LogP contribution in [0.5, 0.6) is 0 Å². The van der Waals surface area contributed by atoms with E-state index in [1.54, 1.807) is 60.7 Å². The second-order valence-electron chi connectivity index (χ2n) is 12.7. The fourth-order valence-corrected chi connectivity index (χ4v) is 6.91. The number of unbranched alkanes of at least 4 members (excludes halogenated alkanes) is 2. The zero-order chi connectivity index (χ0) is 38.0. The summed E-state index contributed by atoms with van der Waals surface area (Å²) in [6.45, 7) is 4.25. The van der Waals surface area contributed by atoms with Crippen LogP contribution < -0.4 is 0 Å². The Labute approximate surface area is 317 Å². The highest BCUT2D eigenvalue weighted by molar-refractivity contribution is 7.48. The Morgan fingerprint density at radius 2 is 1.07 bits per heavy atom. The van der Waals surface area contributed by atoms with E-state index in [2.05, 4.69) is 0 Å². The maximum absolute atomic E-state index is 14.3. The van der Waals surface area contributed by atoms with Gasteiger partial charge in [0.15, 0.2) is 18.5 Å². The average molecular weight is 761 g/mol. The first kappa shape index (κ1) is 41.0. The molecule has 1 saturated heterocycles. The van der Waals surface area contributed by atoms with Gasteiger partial charge in [0.25, 0.3) is 0 Å². The number of rotatable bonds is 21. The molecule has 0 amide bonds. The first-order valence-corrected chi connectivity index (χ1v) is 19.9. The summed E-state index contributed by atoms with van der Waals surface area (Å²) in [4.78, 5) is 27.6. The van der Waals surface area contributed by atoms with E-state index in [1.165, 1.54) is 0 Å². The summed E-state index contributed by atoms with van der Waals surface area (Å²) in [6, 6.07) is 35.7. The van der Waals surface area contributed by atoms with Crippen LogP contribution in [0.1, 0.15) is 71.4 Å². The molecule has 0 aliphatic carbocycles. The third kappa shape index (κ3) is 12.4. The molecule has 54 heavy (non-hydrogen) atoms. The van der Waals surface area contributed by atoms with Gasteiger partial charge >= 0.3 is 19.8 Å². The molecule has 4 aromatic rings. The standard InChI is InChI=1S/C42H49O11P/c1-3-5-27-48-54(45,49-28-6-4-2)53-42-39(47-30-33-21-13-8-14-22-33)38(52-41(44)35-25-17-10-18-26-35)37(51-40(43)34-23-15-9-16-24-34)36(50-42)31-46-29-32-19-11-7-12-20-32/h7-26,36-39,42H,3-6,27-31H2,1-2H3/t36-,37+,38+,39-,42+/m1/s1. The van der Waals surface area contributed by atoms with E-state index in [-0.39, 0.29) is 44.2 Å². The molecule has 288 valence electrons. The molecule has 5 rings (SSSR count). The lowest BCUT2D eigenvalue weighted by Gasteiger charge is -2.45. The third-order valence-corrected chi connectivity index (χ3v) is 9.97. The van der Waals surface area contributed by atoms with Crippen molar-refractivity contribution in [1.82, 2.24) is 0 Å². The topological polar surface area (TPSA) is 125 Å². The van der Waals surface area contributed by atoms with Crippen molar-refractivity contribution in [2.75, 3.05) is 19.8 Å². The van der Waals surface area contributed by atoms with Crippen LogP contribution >= 0.6 is 7.82 Å². The quantitative estimate of drug-likeness (QED) is 0.0460. The molecule has 4 aromatic carbocycles. The molecule has 1 aliphatic heterocycles. The van der Waals surface area contributed by atoms with Crippen LogP contribution in [-0.4, -0.2) is 62.5 Å². The molecule has 0 bridgehead atoms. The van der Waals surface area contributed by atoms with Crippen LogP contribution in [0.25, 0.3) is 0 Å². The summed E-state index contributed by atoms with van der Waals surface area (Å²) in [7, 11) is -4.29. The van der Waals surface area contributed by atoms with E-state index in [0.29, 0.717) is 12.8 Å². The molecule has 1 aliphatic rings. The van der Waals surface area contributed by atoms with E-state index in [1.807, 2.05) is 74.5 Å². The maximum Gasteiger partial charge on any atom is 0.477 e. The van der Waals surface area contributed by atoms with Gasteiger partial charge in [-0.3, -0.25) is 13.6 Å². The van der Waals surface area contributed by atoms with E-state index in [4.69, 9.17) is 37.3 Å². The highest BCUT2D eigenvalue weighted by Crippen LogP contribution is 2.53. The summed E-state index contributed by atoms with van der Waals surface area (Å²) in [5.74, 6) is -1.39. The molecular formula is C42H49O11P. The number of esters is 2. The molecule has 12 heteroatoms. The number of hydrogen-bond acceptors (Lipinski definition) is 11. The van der Waals surface area contributed by atoms with Crippen LogP contribution in [0.15, 0.2) is 121 Å². The summed E-state index contributed by atoms with van der Waals surface area (Å²) in [6.07, 6.45) is -3.74. The largest absolute Gasteiger partial charge is 0.477 e. The molecular weight excluding hydrogens is 711 g/mol. The van der Waals surface area contributed by atoms with Gasteiger partial charge in [0, 0.05) is 0 Å². The molecule has 0 saturated carbocycles. The Bertz CT molecular complexity index is 1710. The molecule has 11 nitrogen and oxygen atoms in total. The minimum atomic E-state index is -4.29. The summed E-state index contributed by atoms with van der Waals surface area (Å²) in [5.41, 5.74) is 2.21. The lowest BCUT2D eigenvalue weighted by atomic mass is 9.97. The first-order valence-electron chi connectivity index (χ1n) is 18.4. The van der Waals surface area contributed by atoms with Crippen LogP contribution in [0.3, 0.4) is 0 Å². The zero-order valence-electron chi connectivity index (χ0n) is 30.7. The Morgan fingerprint density at radius 3 is 1.57 bits per heavy atom. The Kier molecular flexibility index (Phi) is 16.4. The maximum atomic E-state index is 14.3. The fraction of sp³-hybridized carbons (Fsp3) is 0.381. The third-order valence-electron chi connectivity index (χ3n) is 8.50. The van der Waals surface area contributed by atoms with E-state index >= 15 is 0 Å². The van der Waals surface area contributed by atoms with Gasteiger partial charge in [-0.1, -0.05) is 124 Å². The van der Waals surface area contributed by atoms with Crippen molar-refractivity contribution < 1.29 is 51.4 Å². The smallest absolute Gasteiger partial charge is 0.452 e. The van der Waals surface area contributed by atoms with Crippen molar-refractivity contribution in [1.29, 1.82) is 0 Å². The number of carbonyl (C=O) groups is 2. The predicted octanol–water partition coefficient (Wildman–Crippen LogP) is 8.72. The van der Waals surface area contributed by atoms with Crippen molar-refractivity contribution in [3.63, 3.8) is 0 Å². The van der Waals surface area contributed by atoms with E-state index < -0.39 is 50.5 Å². The molecule has 0 unspecified atom stereocenters. The van der Waals surface area contributed by atoms with E-state index in [9.17, 15) is 14.2 Å². The second-order valence-corrected chi connectivity index (χ2v) is 14.3. The monoisotopic (exact) mass is 760 g/mol. The Balaban J connectivity index is 1.55. The fourth-order valence-electron chi connectivity index (χ4n) is 5.58. The molecule has 0 N–H and O–H groups in total. The van der Waals surface area contributed by atoms with Gasteiger partial charge in [-0.2, -0.15) is 0 Å². The molecule has 1 heterocycles. The lowest BCUT2D eigenvalue weighted by molar-refractivity contribution is -0.294. The number of benzene rings is 4. The Hall–Kier alpha value is -4.19. The number of phosphoric ester groups is 1. The molecule has 0 radical (unpaired) electrons. The molecule has 0 spiro atoms. The second kappa shape index (κ2) is 21.6. The van der Waals surface area contributed by atoms with Crippen molar-refractivity contribution >= 4 is 19.8 Å². The van der Waals surface area contributed by atoms with Gasteiger partial charge in [0.2, 0.25) is 0 Å². The first-order chi connectivity index (χ1) is 26.4. The summed E-state index contributed by atoms with van der Waals surface area (Å²) < 4.78 is 63.7. The number of ether oxygens (including phenoxy) is 5.